The van der Waals surface area contributed by atoms with E-state index < -0.39 is 0 Å². The molecule has 0 bridgehead atoms. The third kappa shape index (κ3) is 4.22. The summed E-state index contributed by atoms with van der Waals surface area (Å²) in [5.74, 6) is 0.950. The van der Waals surface area contributed by atoms with Gasteiger partial charge in [0.15, 0.2) is 0 Å². The van der Waals surface area contributed by atoms with Gasteiger partial charge in [0.1, 0.15) is 5.75 Å². The molecule has 108 valence electrons. The van der Waals surface area contributed by atoms with Crippen LogP contribution < -0.4 is 10.5 Å². The molecule has 0 aliphatic carbocycles. The highest BCUT2D eigenvalue weighted by molar-refractivity contribution is 5.43. The summed E-state index contributed by atoms with van der Waals surface area (Å²) in [5.41, 5.74) is 9.78. The average Bonchev–Trinajstić information content (AvgIpc) is 2.27. The highest BCUT2D eigenvalue weighted by Crippen LogP contribution is 2.32. The van der Waals surface area contributed by atoms with Crippen LogP contribution in [0.1, 0.15) is 43.0 Å². The van der Waals surface area contributed by atoms with E-state index in [1.165, 1.54) is 16.7 Å². The summed E-state index contributed by atoms with van der Waals surface area (Å²) in [5, 5.41) is 0. The van der Waals surface area contributed by atoms with Crippen molar-refractivity contribution in [2.75, 3.05) is 21.2 Å². The third-order valence-corrected chi connectivity index (χ3v) is 3.49. The molecule has 1 aromatic rings. The van der Waals surface area contributed by atoms with Crippen molar-refractivity contribution in [2.45, 2.75) is 45.7 Å². The van der Waals surface area contributed by atoms with Gasteiger partial charge in [0.05, 0.1) is 7.11 Å². The molecule has 0 saturated heterocycles. The Labute approximate surface area is 117 Å². The number of nitrogens with two attached hydrogens (primary N) is 1. The lowest BCUT2D eigenvalue weighted by molar-refractivity contribution is 0.242. The summed E-state index contributed by atoms with van der Waals surface area (Å²) in [6, 6.07) is 4.67. The van der Waals surface area contributed by atoms with Gasteiger partial charge in [-0.15, -0.1) is 0 Å². The minimum absolute atomic E-state index is 0.185. The van der Waals surface area contributed by atoms with E-state index in [2.05, 4.69) is 58.8 Å². The molecule has 0 aliphatic heterocycles. The van der Waals surface area contributed by atoms with Gasteiger partial charge in [0.25, 0.3) is 0 Å². The first-order valence-corrected chi connectivity index (χ1v) is 6.76. The van der Waals surface area contributed by atoms with Crippen molar-refractivity contribution < 1.29 is 4.74 Å². The molecule has 1 aromatic carbocycles. The Bertz CT molecular complexity index is 433. The summed E-state index contributed by atoms with van der Waals surface area (Å²) in [4.78, 5) is 2.24. The Hall–Kier alpha value is -1.06. The van der Waals surface area contributed by atoms with E-state index in [1.807, 2.05) is 0 Å². The topological polar surface area (TPSA) is 38.5 Å². The van der Waals surface area contributed by atoms with Crippen molar-refractivity contribution in [3.8, 4) is 5.75 Å². The molecule has 1 atom stereocenters. The standard InChI is InChI=1S/C16H28N2O/c1-11-9-15(19-7)12(2)8-13(11)14(18(5)6)10-16(3,4)17/h8-9,14H,10,17H2,1-7H3. The molecule has 3 nitrogen and oxygen atoms in total. The maximum absolute atomic E-state index is 6.20. The van der Waals surface area contributed by atoms with Crippen LogP contribution in [0, 0.1) is 13.8 Å². The zero-order valence-corrected chi connectivity index (χ0v) is 13.4. The first-order chi connectivity index (χ1) is 8.65. The number of rotatable bonds is 5. The van der Waals surface area contributed by atoms with Gasteiger partial charge in [-0.05, 0) is 71.0 Å². The lowest BCUT2D eigenvalue weighted by Gasteiger charge is -2.32. The largest absolute Gasteiger partial charge is 0.496 e. The van der Waals surface area contributed by atoms with E-state index in [0.717, 1.165) is 12.2 Å². The van der Waals surface area contributed by atoms with E-state index >= 15 is 0 Å². The fourth-order valence-electron chi connectivity index (χ4n) is 2.46. The van der Waals surface area contributed by atoms with Crippen molar-refractivity contribution in [1.29, 1.82) is 0 Å². The number of hydrogen-bond acceptors (Lipinski definition) is 3. The van der Waals surface area contributed by atoms with Crippen LogP contribution in [0.4, 0.5) is 0 Å². The molecule has 0 radical (unpaired) electrons. The zero-order valence-electron chi connectivity index (χ0n) is 13.4. The minimum Gasteiger partial charge on any atom is -0.496 e. The van der Waals surface area contributed by atoms with Crippen molar-refractivity contribution >= 4 is 0 Å². The molecule has 3 heteroatoms. The van der Waals surface area contributed by atoms with E-state index in [-0.39, 0.29) is 5.54 Å². The van der Waals surface area contributed by atoms with Crippen LogP contribution >= 0.6 is 0 Å². The Morgan fingerprint density at radius 3 is 2.21 bits per heavy atom. The highest BCUT2D eigenvalue weighted by Gasteiger charge is 2.24. The Balaban J connectivity index is 3.20. The van der Waals surface area contributed by atoms with Crippen LogP contribution in [-0.4, -0.2) is 31.6 Å². The molecular formula is C16H28N2O. The normalized spacial score (nSPS) is 13.7. The molecular weight excluding hydrogens is 236 g/mol. The Kier molecular flexibility index (Phi) is 4.99. The molecule has 19 heavy (non-hydrogen) atoms. The molecule has 2 N–H and O–H groups in total. The molecule has 0 heterocycles. The molecule has 1 rings (SSSR count). The van der Waals surface area contributed by atoms with Crippen LogP contribution in [0.5, 0.6) is 5.75 Å². The highest BCUT2D eigenvalue weighted by atomic mass is 16.5. The van der Waals surface area contributed by atoms with Gasteiger partial charge in [-0.25, -0.2) is 0 Å². The minimum atomic E-state index is -0.185. The first kappa shape index (κ1) is 16.0. The van der Waals surface area contributed by atoms with Crippen LogP contribution in [-0.2, 0) is 0 Å². The second kappa shape index (κ2) is 5.93. The number of ether oxygens (including phenoxy) is 1. The van der Waals surface area contributed by atoms with Crippen LogP contribution in [0.15, 0.2) is 12.1 Å². The summed E-state index contributed by atoms with van der Waals surface area (Å²) in [6.07, 6.45) is 0.923. The van der Waals surface area contributed by atoms with Gasteiger partial charge in [-0.1, -0.05) is 6.07 Å². The van der Waals surface area contributed by atoms with Crippen LogP contribution in [0.3, 0.4) is 0 Å². The summed E-state index contributed by atoms with van der Waals surface area (Å²) in [6.45, 7) is 8.38. The number of aryl methyl sites for hydroxylation is 2. The van der Waals surface area contributed by atoms with E-state index in [0.29, 0.717) is 6.04 Å². The maximum Gasteiger partial charge on any atom is 0.122 e. The molecule has 0 spiro atoms. The molecule has 1 unspecified atom stereocenters. The predicted octanol–water partition coefficient (Wildman–Crippen LogP) is 3.04. The van der Waals surface area contributed by atoms with Gasteiger partial charge in [-0.3, -0.25) is 0 Å². The van der Waals surface area contributed by atoms with Gasteiger partial charge >= 0.3 is 0 Å². The summed E-state index contributed by atoms with van der Waals surface area (Å²) in [7, 11) is 5.93. The zero-order chi connectivity index (χ0) is 14.8. The summed E-state index contributed by atoms with van der Waals surface area (Å²) < 4.78 is 5.38. The average molecular weight is 264 g/mol. The predicted molar refractivity (Wildman–Crippen MR) is 81.8 cm³/mol. The molecule has 0 amide bonds. The Morgan fingerprint density at radius 1 is 1.21 bits per heavy atom. The number of methoxy groups -OCH3 is 1. The van der Waals surface area contributed by atoms with Crippen molar-refractivity contribution in [3.63, 3.8) is 0 Å². The molecule has 0 fully saturated rings. The van der Waals surface area contributed by atoms with E-state index in [1.54, 1.807) is 7.11 Å². The monoisotopic (exact) mass is 264 g/mol. The van der Waals surface area contributed by atoms with Gasteiger partial charge in [0.2, 0.25) is 0 Å². The van der Waals surface area contributed by atoms with Gasteiger partial charge < -0.3 is 15.4 Å². The number of hydrogen-bond donors (Lipinski definition) is 1. The van der Waals surface area contributed by atoms with Gasteiger partial charge in [-0.2, -0.15) is 0 Å². The third-order valence-electron chi connectivity index (χ3n) is 3.49. The SMILES string of the molecule is COc1cc(C)c(C(CC(C)(C)N)N(C)C)cc1C. The van der Waals surface area contributed by atoms with Crippen molar-refractivity contribution in [2.24, 2.45) is 5.73 Å². The summed E-state index contributed by atoms with van der Waals surface area (Å²) >= 11 is 0. The fraction of sp³-hybridized carbons (Fsp3) is 0.625. The Morgan fingerprint density at radius 2 is 1.79 bits per heavy atom. The molecule has 0 aromatic heterocycles. The quantitative estimate of drug-likeness (QED) is 0.888. The molecule has 0 aliphatic rings. The van der Waals surface area contributed by atoms with E-state index in [9.17, 15) is 0 Å². The second-order valence-corrected chi connectivity index (χ2v) is 6.35. The second-order valence-electron chi connectivity index (χ2n) is 6.35. The molecule has 0 saturated carbocycles. The maximum atomic E-state index is 6.20. The van der Waals surface area contributed by atoms with Crippen LogP contribution in [0.2, 0.25) is 0 Å². The fourth-order valence-corrected chi connectivity index (χ4v) is 2.46. The van der Waals surface area contributed by atoms with E-state index in [4.69, 9.17) is 10.5 Å². The number of nitrogens with zero attached hydrogens (tertiary/aromatic N) is 1. The van der Waals surface area contributed by atoms with Crippen molar-refractivity contribution in [3.05, 3.63) is 28.8 Å². The smallest absolute Gasteiger partial charge is 0.122 e. The first-order valence-electron chi connectivity index (χ1n) is 6.76. The lowest BCUT2D eigenvalue weighted by Crippen LogP contribution is -2.37. The lowest BCUT2D eigenvalue weighted by atomic mass is 9.88. The number of benzene rings is 1. The van der Waals surface area contributed by atoms with Crippen LogP contribution in [0.25, 0.3) is 0 Å². The van der Waals surface area contributed by atoms with Gasteiger partial charge in [0, 0.05) is 11.6 Å². The van der Waals surface area contributed by atoms with Crippen molar-refractivity contribution in [1.82, 2.24) is 4.90 Å².